The molecule has 1 rings (SSSR count). The minimum absolute atomic E-state index is 0.0251. The molecule has 1 heterocycles. The van der Waals surface area contributed by atoms with Crippen molar-refractivity contribution in [2.24, 2.45) is 5.73 Å². The van der Waals surface area contributed by atoms with Crippen molar-refractivity contribution in [1.82, 2.24) is 20.3 Å². The topological polar surface area (TPSA) is 85.8 Å². The van der Waals surface area contributed by atoms with Crippen molar-refractivity contribution in [2.45, 2.75) is 45.7 Å². The second kappa shape index (κ2) is 7.01. The van der Waals surface area contributed by atoms with Gasteiger partial charge in [-0.2, -0.15) is 0 Å². The Balaban J connectivity index is 2.44. The predicted octanol–water partition coefficient (Wildman–Crippen LogP) is 0.0841. The first-order chi connectivity index (χ1) is 8.19. The zero-order valence-electron chi connectivity index (χ0n) is 10.5. The third-order valence-corrected chi connectivity index (χ3v) is 2.64. The zero-order chi connectivity index (χ0) is 12.7. The fraction of sp³-hybridized carbons (Fsp3) is 0.727. The Bertz CT molecular complexity index is 345. The smallest absolute Gasteiger partial charge is 0.242 e. The molecule has 0 radical (unpaired) electrons. The summed E-state index contributed by atoms with van der Waals surface area (Å²) in [6.45, 7) is 4.87. The molecule has 0 aliphatic heterocycles. The molecule has 0 atom stereocenters. The van der Waals surface area contributed by atoms with Crippen LogP contribution in [0.2, 0.25) is 0 Å². The van der Waals surface area contributed by atoms with Crippen molar-refractivity contribution in [3.8, 4) is 0 Å². The monoisotopic (exact) mass is 239 g/mol. The molecule has 0 saturated heterocycles. The minimum Gasteiger partial charge on any atom is -0.352 e. The quantitative estimate of drug-likeness (QED) is 0.706. The van der Waals surface area contributed by atoms with Crippen LogP contribution in [-0.4, -0.2) is 33.5 Å². The van der Waals surface area contributed by atoms with E-state index < -0.39 is 0 Å². The van der Waals surface area contributed by atoms with E-state index in [9.17, 15) is 4.79 Å². The fourth-order valence-corrected chi connectivity index (χ4v) is 1.59. The first kappa shape index (κ1) is 13.6. The van der Waals surface area contributed by atoms with Gasteiger partial charge in [0.15, 0.2) is 0 Å². The van der Waals surface area contributed by atoms with E-state index in [0.29, 0.717) is 13.0 Å². The van der Waals surface area contributed by atoms with Crippen LogP contribution in [0.25, 0.3) is 0 Å². The average Bonchev–Trinajstić information content (AvgIpc) is 2.74. The molecule has 0 aliphatic rings. The van der Waals surface area contributed by atoms with Gasteiger partial charge in [0.2, 0.25) is 5.91 Å². The second-order valence-corrected chi connectivity index (χ2v) is 4.03. The number of rotatable bonds is 7. The number of aromatic nitrogens is 3. The minimum atomic E-state index is -0.0251. The van der Waals surface area contributed by atoms with Gasteiger partial charge in [-0.15, -0.1) is 5.10 Å². The molecule has 0 unspecified atom stereocenters. The first-order valence-corrected chi connectivity index (χ1v) is 6.08. The second-order valence-electron chi connectivity index (χ2n) is 4.03. The molecular formula is C11H21N5O. The summed E-state index contributed by atoms with van der Waals surface area (Å²) in [6.07, 6.45) is 4.34. The van der Waals surface area contributed by atoms with Gasteiger partial charge < -0.3 is 11.1 Å². The van der Waals surface area contributed by atoms with E-state index in [1.54, 1.807) is 10.9 Å². The summed E-state index contributed by atoms with van der Waals surface area (Å²) >= 11 is 0. The number of hydrogen-bond donors (Lipinski definition) is 2. The van der Waals surface area contributed by atoms with E-state index in [0.717, 1.165) is 18.5 Å². The van der Waals surface area contributed by atoms with E-state index in [1.807, 2.05) is 0 Å². The van der Waals surface area contributed by atoms with Gasteiger partial charge >= 0.3 is 0 Å². The van der Waals surface area contributed by atoms with Gasteiger partial charge in [-0.05, 0) is 19.4 Å². The van der Waals surface area contributed by atoms with Crippen LogP contribution >= 0.6 is 0 Å². The first-order valence-electron chi connectivity index (χ1n) is 6.08. The number of amides is 1. The van der Waals surface area contributed by atoms with Crippen LogP contribution in [-0.2, 0) is 17.8 Å². The zero-order valence-corrected chi connectivity index (χ0v) is 10.5. The van der Waals surface area contributed by atoms with Gasteiger partial charge in [0.25, 0.3) is 0 Å². The predicted molar refractivity (Wildman–Crippen MR) is 65.3 cm³/mol. The molecule has 0 spiro atoms. The number of carbonyl (C=O) groups is 1. The van der Waals surface area contributed by atoms with Crippen molar-refractivity contribution in [3.63, 3.8) is 0 Å². The Morgan fingerprint density at radius 3 is 2.82 bits per heavy atom. The molecular weight excluding hydrogens is 218 g/mol. The summed E-state index contributed by atoms with van der Waals surface area (Å²) in [7, 11) is 0. The summed E-state index contributed by atoms with van der Waals surface area (Å²) in [5, 5.41) is 10.8. The van der Waals surface area contributed by atoms with Gasteiger partial charge in [0, 0.05) is 18.7 Å². The Labute approximate surface area is 102 Å². The normalized spacial score (nSPS) is 10.8. The Morgan fingerprint density at radius 1 is 1.53 bits per heavy atom. The molecule has 0 aromatic carbocycles. The lowest BCUT2D eigenvalue weighted by atomic mass is 10.2. The van der Waals surface area contributed by atoms with Crippen LogP contribution < -0.4 is 11.1 Å². The highest BCUT2D eigenvalue weighted by atomic mass is 16.2. The van der Waals surface area contributed by atoms with Crippen molar-refractivity contribution in [3.05, 3.63) is 11.9 Å². The molecule has 6 nitrogen and oxygen atoms in total. The van der Waals surface area contributed by atoms with E-state index >= 15 is 0 Å². The maximum Gasteiger partial charge on any atom is 0.242 e. The fourth-order valence-electron chi connectivity index (χ4n) is 1.59. The average molecular weight is 239 g/mol. The van der Waals surface area contributed by atoms with Crippen molar-refractivity contribution >= 4 is 5.91 Å². The van der Waals surface area contributed by atoms with E-state index in [2.05, 4.69) is 29.5 Å². The highest BCUT2D eigenvalue weighted by Crippen LogP contribution is 1.97. The van der Waals surface area contributed by atoms with Crippen LogP contribution in [0.1, 0.15) is 32.4 Å². The molecule has 1 amide bonds. The van der Waals surface area contributed by atoms with Crippen LogP contribution in [0.4, 0.5) is 0 Å². The van der Waals surface area contributed by atoms with Crippen molar-refractivity contribution in [2.75, 3.05) is 6.54 Å². The number of nitrogens with zero attached hydrogens (tertiary/aromatic N) is 3. The van der Waals surface area contributed by atoms with Gasteiger partial charge in [0.05, 0.1) is 5.69 Å². The highest BCUT2D eigenvalue weighted by Gasteiger charge is 2.09. The Hall–Kier alpha value is -1.43. The van der Waals surface area contributed by atoms with E-state index in [-0.39, 0.29) is 18.5 Å². The molecule has 0 fully saturated rings. The summed E-state index contributed by atoms with van der Waals surface area (Å²) in [6, 6.07) is 0.245. The van der Waals surface area contributed by atoms with Gasteiger partial charge in [-0.1, -0.05) is 19.1 Å². The summed E-state index contributed by atoms with van der Waals surface area (Å²) < 4.78 is 1.54. The highest BCUT2D eigenvalue weighted by molar-refractivity contribution is 5.75. The van der Waals surface area contributed by atoms with Crippen molar-refractivity contribution in [1.29, 1.82) is 0 Å². The number of hydrogen-bond acceptors (Lipinski definition) is 4. The number of carbonyl (C=O) groups excluding carboxylic acids is 1. The Morgan fingerprint density at radius 2 is 2.24 bits per heavy atom. The SMILES string of the molecule is CCC(CC)NC(=O)Cn1cc(CCN)nn1. The lowest BCUT2D eigenvalue weighted by molar-refractivity contribution is -0.122. The van der Waals surface area contributed by atoms with Crippen LogP contribution in [0.5, 0.6) is 0 Å². The third kappa shape index (κ3) is 4.52. The van der Waals surface area contributed by atoms with Crippen LogP contribution in [0, 0.1) is 0 Å². The number of nitrogens with one attached hydrogen (secondary N) is 1. The lowest BCUT2D eigenvalue weighted by Crippen LogP contribution is -2.36. The third-order valence-electron chi connectivity index (χ3n) is 2.64. The molecule has 96 valence electrons. The van der Waals surface area contributed by atoms with E-state index in [1.165, 1.54) is 0 Å². The molecule has 1 aromatic rings. The standard InChI is InChI=1S/C11H21N5O/c1-3-9(4-2)13-11(17)8-16-7-10(5-6-12)14-15-16/h7,9H,3-6,8,12H2,1-2H3,(H,13,17). The summed E-state index contributed by atoms with van der Waals surface area (Å²) in [5.41, 5.74) is 6.24. The van der Waals surface area contributed by atoms with Crippen LogP contribution in [0.15, 0.2) is 6.20 Å². The largest absolute Gasteiger partial charge is 0.352 e. The summed E-state index contributed by atoms with van der Waals surface area (Å²) in [5.74, 6) is -0.0251. The molecule has 3 N–H and O–H groups in total. The van der Waals surface area contributed by atoms with Gasteiger partial charge in [0.1, 0.15) is 6.54 Å². The summed E-state index contributed by atoms with van der Waals surface area (Å²) in [4.78, 5) is 11.7. The molecule has 1 aromatic heterocycles. The van der Waals surface area contributed by atoms with Crippen molar-refractivity contribution < 1.29 is 4.79 Å². The molecule has 0 saturated carbocycles. The maximum atomic E-state index is 11.7. The number of nitrogens with two attached hydrogens (primary N) is 1. The van der Waals surface area contributed by atoms with Gasteiger partial charge in [-0.3, -0.25) is 4.79 Å². The van der Waals surface area contributed by atoms with E-state index in [4.69, 9.17) is 5.73 Å². The molecule has 6 heteroatoms. The van der Waals surface area contributed by atoms with Crippen LogP contribution in [0.3, 0.4) is 0 Å². The molecule has 17 heavy (non-hydrogen) atoms. The molecule has 0 bridgehead atoms. The maximum absolute atomic E-state index is 11.7. The lowest BCUT2D eigenvalue weighted by Gasteiger charge is -2.14. The van der Waals surface area contributed by atoms with Gasteiger partial charge in [-0.25, -0.2) is 4.68 Å². The molecule has 0 aliphatic carbocycles. The Kier molecular flexibility index (Phi) is 5.62.